The van der Waals surface area contributed by atoms with E-state index in [1.165, 1.54) is 0 Å². The molecule has 0 spiro atoms. The second-order valence-corrected chi connectivity index (χ2v) is 15.6. The molecule has 0 radical (unpaired) electrons. The Morgan fingerprint density at radius 1 is 1.11 bits per heavy atom. The number of piperidine rings is 1. The van der Waals surface area contributed by atoms with Crippen LogP contribution in [0.5, 0.6) is 11.9 Å². The van der Waals surface area contributed by atoms with Gasteiger partial charge in [0.15, 0.2) is 0 Å². The molecule has 0 bridgehead atoms. The Morgan fingerprint density at radius 2 is 1.95 bits per heavy atom. The van der Waals surface area contributed by atoms with Crippen LogP contribution in [0.15, 0.2) is 48.6 Å². The SMILES string of the molecule is C#Cc1cccc2cccc(C3CCc4c(nc(OC[C@@]56CCCN5C[C@H](F)C6)nc4N4CCN(C(=O)/C=C/CN5CCC(OC)CC5)[C@@H](CC#N)C4)O3)c12. The molecule has 0 N–H and O–H groups in total. The maximum atomic E-state index is 14.7. The number of nitrogens with zero attached hydrogens (tertiary/aromatic N) is 7. The molecule has 5 aliphatic heterocycles. The quantitative estimate of drug-likeness (QED) is 0.202. The molecule has 6 heterocycles. The van der Waals surface area contributed by atoms with Gasteiger partial charge in [-0.25, -0.2) is 4.39 Å². The standard InChI is InChI=1S/C43H50FN7O4/c1-3-30-8-4-9-31-10-5-11-35(39(30)31)37-14-13-36-40(46-42(47-41(36)55-37)54-29-43-18-7-21-50(43)27-32(44)26-43)49-24-25-51(33(28-49)15-19-45)38(52)12-6-20-48-22-16-34(53-2)17-23-48/h1,4-6,8-12,32-34,37H,7,13-18,20-29H2,2H3/b12-6+/t32-,33+,37?,43+/m1/s1. The number of fused-ring (bicyclic) bond motifs is 3. The van der Waals surface area contributed by atoms with E-state index in [9.17, 15) is 14.4 Å². The second kappa shape index (κ2) is 16.2. The van der Waals surface area contributed by atoms with Crippen LogP contribution in [-0.4, -0.2) is 121 Å². The molecule has 1 amide bonds. The van der Waals surface area contributed by atoms with Crippen molar-refractivity contribution in [3.63, 3.8) is 0 Å². The summed E-state index contributed by atoms with van der Waals surface area (Å²) in [6, 6.07) is 14.3. The zero-order valence-corrected chi connectivity index (χ0v) is 31.7. The number of ether oxygens (including phenoxy) is 3. The van der Waals surface area contributed by atoms with Crippen molar-refractivity contribution in [1.29, 1.82) is 5.26 Å². The average Bonchev–Trinajstić information content (AvgIpc) is 3.75. The molecular weight excluding hydrogens is 698 g/mol. The van der Waals surface area contributed by atoms with Crippen LogP contribution in [0.2, 0.25) is 0 Å². The van der Waals surface area contributed by atoms with E-state index in [0.29, 0.717) is 76.4 Å². The molecule has 11 nitrogen and oxygen atoms in total. The third kappa shape index (κ3) is 7.60. The summed E-state index contributed by atoms with van der Waals surface area (Å²) >= 11 is 0. The third-order valence-corrected chi connectivity index (χ3v) is 12.4. The number of benzene rings is 2. The van der Waals surface area contributed by atoms with Crippen LogP contribution < -0.4 is 14.4 Å². The highest BCUT2D eigenvalue weighted by Gasteiger charge is 2.49. The van der Waals surface area contributed by atoms with E-state index in [1.54, 1.807) is 13.2 Å². The van der Waals surface area contributed by atoms with Crippen molar-refractivity contribution in [2.24, 2.45) is 0 Å². The van der Waals surface area contributed by atoms with Crippen LogP contribution in [0, 0.1) is 23.7 Å². The van der Waals surface area contributed by atoms with Crippen LogP contribution in [0.1, 0.15) is 67.7 Å². The van der Waals surface area contributed by atoms with Crippen molar-refractivity contribution in [3.05, 3.63) is 65.2 Å². The van der Waals surface area contributed by atoms with Crippen molar-refractivity contribution in [1.82, 2.24) is 24.7 Å². The Hall–Kier alpha value is -4.75. The minimum Gasteiger partial charge on any atom is -0.469 e. The predicted octanol–water partition coefficient (Wildman–Crippen LogP) is 5.23. The average molecular weight is 748 g/mol. The van der Waals surface area contributed by atoms with Crippen LogP contribution in [-0.2, 0) is 16.0 Å². The van der Waals surface area contributed by atoms with Crippen molar-refractivity contribution < 1.29 is 23.4 Å². The van der Waals surface area contributed by atoms with Crippen molar-refractivity contribution >= 4 is 22.5 Å². The summed E-state index contributed by atoms with van der Waals surface area (Å²) in [6.45, 7) is 5.56. The Kier molecular flexibility index (Phi) is 10.9. The lowest BCUT2D eigenvalue weighted by atomic mass is 9.92. The normalized spacial score (nSPS) is 26.1. The molecule has 1 aromatic heterocycles. The number of anilines is 1. The highest BCUT2D eigenvalue weighted by Crippen LogP contribution is 2.43. The summed E-state index contributed by atoms with van der Waals surface area (Å²) in [6.07, 6.45) is 14.5. The maximum absolute atomic E-state index is 14.7. The Balaban J connectivity index is 1.05. The molecule has 8 rings (SSSR count). The highest BCUT2D eigenvalue weighted by molar-refractivity contribution is 5.91. The Labute approximate surface area is 323 Å². The number of rotatable bonds is 10. The van der Waals surface area contributed by atoms with Crippen molar-refractivity contribution in [3.8, 4) is 30.3 Å². The molecule has 1 unspecified atom stereocenters. The van der Waals surface area contributed by atoms with Crippen LogP contribution in [0.25, 0.3) is 10.8 Å². The van der Waals surface area contributed by atoms with E-state index < -0.39 is 6.17 Å². The second-order valence-electron chi connectivity index (χ2n) is 15.6. The van der Waals surface area contributed by atoms with Crippen molar-refractivity contribution in [2.45, 2.75) is 81.3 Å². The number of piperazine rings is 1. The van der Waals surface area contributed by atoms with Crippen LogP contribution in [0.4, 0.5) is 10.2 Å². The lowest BCUT2D eigenvalue weighted by molar-refractivity contribution is -0.128. The number of carbonyl (C=O) groups excluding carboxylic acids is 1. The number of aromatic nitrogens is 2. The van der Waals surface area contributed by atoms with Crippen molar-refractivity contribution in [2.75, 3.05) is 71.0 Å². The van der Waals surface area contributed by atoms with E-state index in [-0.39, 0.29) is 36.0 Å². The van der Waals surface area contributed by atoms with Crippen LogP contribution in [0.3, 0.4) is 0 Å². The number of hydrogen-bond donors (Lipinski definition) is 0. The minimum atomic E-state index is -0.874. The number of halogens is 1. The fraction of sp³-hybridized carbons (Fsp3) is 0.535. The number of methoxy groups -OCH3 is 1. The van der Waals surface area contributed by atoms with Gasteiger partial charge in [0.1, 0.15) is 24.7 Å². The van der Waals surface area contributed by atoms with Gasteiger partial charge in [-0.05, 0) is 56.5 Å². The number of likely N-dealkylation sites (tertiary alicyclic amines) is 1. The first-order chi connectivity index (χ1) is 26.9. The smallest absolute Gasteiger partial charge is 0.321 e. The van der Waals surface area contributed by atoms with E-state index in [2.05, 4.69) is 44.9 Å². The molecule has 2 aromatic carbocycles. The monoisotopic (exact) mass is 747 g/mol. The largest absolute Gasteiger partial charge is 0.469 e. The lowest BCUT2D eigenvalue weighted by Gasteiger charge is -2.42. The lowest BCUT2D eigenvalue weighted by Crippen LogP contribution is -2.55. The van der Waals surface area contributed by atoms with Gasteiger partial charge < -0.3 is 24.0 Å². The van der Waals surface area contributed by atoms with Gasteiger partial charge in [0.2, 0.25) is 11.8 Å². The fourth-order valence-corrected chi connectivity index (χ4v) is 9.51. The summed E-state index contributed by atoms with van der Waals surface area (Å²) < 4.78 is 33.4. The molecule has 5 aliphatic rings. The van der Waals surface area contributed by atoms with Gasteiger partial charge in [0.05, 0.1) is 35.7 Å². The number of terminal acetylenes is 1. The zero-order valence-electron chi connectivity index (χ0n) is 31.7. The van der Waals surface area contributed by atoms with E-state index in [4.69, 9.17) is 30.6 Å². The van der Waals surface area contributed by atoms with Gasteiger partial charge in [-0.3, -0.25) is 14.6 Å². The summed E-state index contributed by atoms with van der Waals surface area (Å²) in [5.41, 5.74) is 2.33. The van der Waals surface area contributed by atoms with Crippen LogP contribution >= 0.6 is 0 Å². The summed E-state index contributed by atoms with van der Waals surface area (Å²) in [5, 5.41) is 11.9. The number of alkyl halides is 1. The summed E-state index contributed by atoms with van der Waals surface area (Å²) in [4.78, 5) is 31.9. The summed E-state index contributed by atoms with van der Waals surface area (Å²) in [7, 11) is 1.76. The third-order valence-electron chi connectivity index (χ3n) is 12.4. The number of carbonyl (C=O) groups is 1. The van der Waals surface area contributed by atoms with Gasteiger partial charge in [0, 0.05) is 81.9 Å². The molecular formula is C43H50FN7O4. The number of nitriles is 1. The van der Waals surface area contributed by atoms with E-state index in [0.717, 1.165) is 72.8 Å². The van der Waals surface area contributed by atoms with E-state index >= 15 is 0 Å². The number of amides is 1. The fourth-order valence-electron chi connectivity index (χ4n) is 9.51. The Morgan fingerprint density at radius 3 is 2.75 bits per heavy atom. The Bertz CT molecular complexity index is 2000. The number of hydrogen-bond acceptors (Lipinski definition) is 10. The highest BCUT2D eigenvalue weighted by atomic mass is 19.1. The summed E-state index contributed by atoms with van der Waals surface area (Å²) in [5.74, 6) is 3.91. The first-order valence-electron chi connectivity index (χ1n) is 19.8. The molecule has 4 atom stereocenters. The molecule has 4 fully saturated rings. The zero-order chi connectivity index (χ0) is 37.9. The van der Waals surface area contributed by atoms with Gasteiger partial charge >= 0.3 is 6.01 Å². The van der Waals surface area contributed by atoms with E-state index in [1.807, 2.05) is 29.2 Å². The molecule has 0 aliphatic carbocycles. The first kappa shape index (κ1) is 37.2. The molecule has 55 heavy (non-hydrogen) atoms. The van der Waals surface area contributed by atoms with Gasteiger partial charge in [-0.1, -0.05) is 42.3 Å². The molecule has 4 saturated heterocycles. The molecule has 0 saturated carbocycles. The van der Waals surface area contributed by atoms with Gasteiger partial charge in [-0.2, -0.15) is 15.2 Å². The minimum absolute atomic E-state index is 0.0869. The maximum Gasteiger partial charge on any atom is 0.321 e. The topological polar surface area (TPSA) is 107 Å². The predicted molar refractivity (Wildman–Crippen MR) is 208 cm³/mol. The molecule has 12 heteroatoms. The van der Waals surface area contributed by atoms with Gasteiger partial charge in [-0.15, -0.1) is 6.42 Å². The first-order valence-corrected chi connectivity index (χ1v) is 19.8. The molecule has 3 aromatic rings. The van der Waals surface area contributed by atoms with Gasteiger partial charge in [0.25, 0.3) is 0 Å². The molecule has 288 valence electrons.